The van der Waals surface area contributed by atoms with E-state index in [1.165, 1.54) is 18.8 Å². The molecule has 2 aromatic heterocycles. The van der Waals surface area contributed by atoms with Crippen molar-refractivity contribution < 1.29 is 8.78 Å². The van der Waals surface area contributed by atoms with Gasteiger partial charge in [-0.25, -0.2) is 23.7 Å². The molecule has 1 aliphatic heterocycles. The van der Waals surface area contributed by atoms with Gasteiger partial charge in [0.1, 0.15) is 18.0 Å². The van der Waals surface area contributed by atoms with Gasteiger partial charge in [0, 0.05) is 25.2 Å². The van der Waals surface area contributed by atoms with Crippen molar-refractivity contribution in [3.63, 3.8) is 0 Å². The van der Waals surface area contributed by atoms with Crippen LogP contribution in [0.4, 0.5) is 14.6 Å². The predicted octanol–water partition coefficient (Wildman–Crippen LogP) is 3.64. The fourth-order valence-corrected chi connectivity index (χ4v) is 3.93. The van der Waals surface area contributed by atoms with Crippen LogP contribution in [-0.2, 0) is 0 Å². The molecule has 0 aromatic carbocycles. The molecule has 29 heavy (non-hydrogen) atoms. The van der Waals surface area contributed by atoms with Crippen LogP contribution in [0.25, 0.3) is 17.5 Å². The lowest BCUT2D eigenvalue weighted by molar-refractivity contribution is 0.226. The van der Waals surface area contributed by atoms with Crippen LogP contribution in [0.1, 0.15) is 25.6 Å². The van der Waals surface area contributed by atoms with Crippen LogP contribution < -0.4 is 9.62 Å². The number of nitrogens with one attached hydrogen (secondary N) is 3. The summed E-state index contributed by atoms with van der Waals surface area (Å²) in [6, 6.07) is 2.33. The van der Waals surface area contributed by atoms with Gasteiger partial charge in [-0.15, -0.1) is 0 Å². The van der Waals surface area contributed by atoms with Crippen LogP contribution in [-0.4, -0.2) is 57.5 Å². The third kappa shape index (κ3) is 5.60. The summed E-state index contributed by atoms with van der Waals surface area (Å²) in [7, 11) is 0. The number of alkyl halides is 2. The SMILES string of the molecule is CSNC(C)C1CCCN(c2cc(-c3cnc(/C=C\C(=N)C(F)F)[nH]3)ncn2)C1. The fourth-order valence-electron chi connectivity index (χ4n) is 3.37. The Kier molecular flexibility index (Phi) is 7.32. The van der Waals surface area contributed by atoms with Gasteiger partial charge in [-0.05, 0) is 44.1 Å². The van der Waals surface area contributed by atoms with Crippen LogP contribution in [0.5, 0.6) is 0 Å². The van der Waals surface area contributed by atoms with Crippen LogP contribution in [0.15, 0.2) is 24.7 Å². The number of allylic oxidation sites excluding steroid dienone is 1. The highest BCUT2D eigenvalue weighted by Gasteiger charge is 2.25. The molecule has 0 amide bonds. The van der Waals surface area contributed by atoms with Crippen LogP contribution >= 0.6 is 11.9 Å². The minimum atomic E-state index is -2.80. The Morgan fingerprint density at radius 3 is 3.00 bits per heavy atom. The minimum Gasteiger partial charge on any atom is -0.356 e. The van der Waals surface area contributed by atoms with Gasteiger partial charge in [-0.1, -0.05) is 11.9 Å². The average molecular weight is 422 g/mol. The zero-order valence-electron chi connectivity index (χ0n) is 16.4. The zero-order valence-corrected chi connectivity index (χ0v) is 17.2. The number of anilines is 1. The van der Waals surface area contributed by atoms with Gasteiger partial charge in [-0.2, -0.15) is 0 Å². The number of nitrogens with zero attached hydrogens (tertiary/aromatic N) is 4. The van der Waals surface area contributed by atoms with Crippen molar-refractivity contribution in [1.82, 2.24) is 24.7 Å². The van der Waals surface area contributed by atoms with Gasteiger partial charge in [0.2, 0.25) is 0 Å². The molecule has 0 bridgehead atoms. The molecular weight excluding hydrogens is 396 g/mol. The van der Waals surface area contributed by atoms with Crippen LogP contribution in [0, 0.1) is 11.3 Å². The van der Waals surface area contributed by atoms with Gasteiger partial charge in [0.25, 0.3) is 6.43 Å². The van der Waals surface area contributed by atoms with Crippen molar-refractivity contribution in [2.45, 2.75) is 32.2 Å². The summed E-state index contributed by atoms with van der Waals surface area (Å²) in [6.45, 7) is 4.09. The number of piperidine rings is 1. The van der Waals surface area contributed by atoms with E-state index in [2.05, 4.69) is 36.5 Å². The van der Waals surface area contributed by atoms with Gasteiger partial charge in [0.15, 0.2) is 0 Å². The summed E-state index contributed by atoms with van der Waals surface area (Å²) in [5, 5.41) is 7.17. The summed E-state index contributed by atoms with van der Waals surface area (Å²) < 4.78 is 28.2. The van der Waals surface area contributed by atoms with E-state index in [1.807, 2.05) is 12.3 Å². The Balaban J connectivity index is 1.72. The first kappa shape index (κ1) is 21.4. The normalized spacial score (nSPS) is 18.5. The molecule has 1 aliphatic rings. The topological polar surface area (TPSA) is 93.6 Å². The second-order valence-corrected chi connectivity index (χ2v) is 7.64. The van der Waals surface area contributed by atoms with E-state index in [-0.39, 0.29) is 0 Å². The van der Waals surface area contributed by atoms with Gasteiger partial charge in [0.05, 0.1) is 23.3 Å². The van der Waals surface area contributed by atoms with E-state index in [0.29, 0.717) is 29.2 Å². The second kappa shape index (κ2) is 9.93. The highest BCUT2D eigenvalue weighted by molar-refractivity contribution is 7.96. The summed E-state index contributed by atoms with van der Waals surface area (Å²) in [5.74, 6) is 1.80. The molecule has 7 nitrogen and oxygen atoms in total. The number of aromatic nitrogens is 4. The number of imidazole rings is 1. The molecular formula is C19H25F2N7S. The Labute approximate surface area is 173 Å². The van der Waals surface area contributed by atoms with Gasteiger partial charge >= 0.3 is 0 Å². The van der Waals surface area contributed by atoms with E-state index >= 15 is 0 Å². The third-order valence-corrected chi connectivity index (χ3v) is 5.58. The summed E-state index contributed by atoms with van der Waals surface area (Å²) >= 11 is 1.64. The lowest BCUT2D eigenvalue weighted by Crippen LogP contribution is -2.43. The van der Waals surface area contributed by atoms with E-state index in [4.69, 9.17) is 5.41 Å². The maximum Gasteiger partial charge on any atom is 0.279 e. The maximum absolute atomic E-state index is 12.4. The Hall–Kier alpha value is -2.33. The molecule has 2 unspecified atom stereocenters. The largest absolute Gasteiger partial charge is 0.356 e. The number of aromatic amines is 1. The molecule has 3 heterocycles. The van der Waals surface area contributed by atoms with Crippen molar-refractivity contribution in [3.05, 3.63) is 30.5 Å². The summed E-state index contributed by atoms with van der Waals surface area (Å²) in [5.41, 5.74) is 0.600. The highest BCUT2D eigenvalue weighted by atomic mass is 32.2. The molecule has 2 atom stereocenters. The molecule has 1 saturated heterocycles. The summed E-state index contributed by atoms with van der Waals surface area (Å²) in [4.78, 5) is 18.2. The fraction of sp³-hybridized carbons (Fsp3) is 0.474. The average Bonchev–Trinajstić information content (AvgIpc) is 3.21. The monoisotopic (exact) mass is 421 g/mol. The minimum absolute atomic E-state index is 0.389. The number of hydrogen-bond donors (Lipinski definition) is 3. The molecule has 10 heteroatoms. The predicted molar refractivity (Wildman–Crippen MR) is 113 cm³/mol. The van der Waals surface area contributed by atoms with Crippen molar-refractivity contribution in [2.75, 3.05) is 24.2 Å². The molecule has 1 fully saturated rings. The van der Waals surface area contributed by atoms with Crippen LogP contribution in [0.3, 0.4) is 0 Å². The Morgan fingerprint density at radius 2 is 2.24 bits per heavy atom. The molecule has 0 aliphatic carbocycles. The summed E-state index contributed by atoms with van der Waals surface area (Å²) in [6.07, 6.45) is 7.06. The zero-order chi connectivity index (χ0) is 20.8. The van der Waals surface area contributed by atoms with E-state index in [0.717, 1.165) is 31.4 Å². The maximum atomic E-state index is 12.4. The first-order chi connectivity index (χ1) is 14.0. The molecule has 156 valence electrons. The quantitative estimate of drug-likeness (QED) is 0.445. The van der Waals surface area contributed by atoms with E-state index in [9.17, 15) is 8.78 Å². The molecule has 3 rings (SSSR count). The standard InChI is InChI=1S/C19H25F2N7S/c1-12(27-29-2)13-4-3-7-28(10-13)18-8-15(24-11-25-18)16-9-23-17(26-16)6-5-14(22)19(20)21/h5-6,8-9,11-13,19,22,27H,3-4,7,10H2,1-2H3,(H,23,26)/b6-5-,22-14?. The van der Waals surface area contributed by atoms with Gasteiger partial charge < -0.3 is 9.88 Å². The molecule has 0 radical (unpaired) electrons. The Morgan fingerprint density at radius 1 is 1.41 bits per heavy atom. The smallest absolute Gasteiger partial charge is 0.279 e. The van der Waals surface area contributed by atoms with Crippen molar-refractivity contribution in [3.8, 4) is 11.4 Å². The molecule has 3 N–H and O–H groups in total. The number of halogens is 2. The lowest BCUT2D eigenvalue weighted by Gasteiger charge is -2.36. The molecule has 0 saturated carbocycles. The van der Waals surface area contributed by atoms with Crippen molar-refractivity contribution in [2.24, 2.45) is 5.92 Å². The lowest BCUT2D eigenvalue weighted by atomic mass is 9.92. The first-order valence-electron chi connectivity index (χ1n) is 9.43. The van der Waals surface area contributed by atoms with E-state index in [1.54, 1.807) is 18.1 Å². The van der Waals surface area contributed by atoms with Crippen molar-refractivity contribution in [1.29, 1.82) is 5.41 Å². The van der Waals surface area contributed by atoms with Crippen molar-refractivity contribution >= 4 is 29.6 Å². The first-order valence-corrected chi connectivity index (χ1v) is 10.7. The number of rotatable bonds is 8. The third-order valence-electron chi connectivity index (χ3n) is 4.97. The number of H-pyrrole nitrogens is 1. The molecule has 2 aromatic rings. The van der Waals surface area contributed by atoms with Crippen LogP contribution in [0.2, 0.25) is 0 Å². The van der Waals surface area contributed by atoms with E-state index < -0.39 is 12.1 Å². The highest BCUT2D eigenvalue weighted by Crippen LogP contribution is 2.26. The second-order valence-electron chi connectivity index (χ2n) is 6.99. The van der Waals surface area contributed by atoms with Gasteiger partial charge in [-0.3, -0.25) is 10.1 Å². The Bertz CT molecular complexity index is 855. The molecule has 0 spiro atoms. The number of hydrogen-bond acceptors (Lipinski definition) is 7.